The molecule has 0 radical (unpaired) electrons. The van der Waals surface area contributed by atoms with E-state index in [-0.39, 0.29) is 5.91 Å². The second-order valence-corrected chi connectivity index (χ2v) is 5.90. The Balaban J connectivity index is 1.66. The number of amides is 1. The first kappa shape index (κ1) is 17.6. The van der Waals surface area contributed by atoms with E-state index in [9.17, 15) is 4.79 Å². The third-order valence-electron chi connectivity index (χ3n) is 4.13. The third kappa shape index (κ3) is 4.22. The maximum Gasteiger partial charge on any atom is 0.246 e. The molecule has 0 fully saturated rings. The third-order valence-corrected chi connectivity index (χ3v) is 4.13. The predicted octanol–water partition coefficient (Wildman–Crippen LogP) is 3.39. The van der Waals surface area contributed by atoms with Crippen molar-refractivity contribution in [3.63, 3.8) is 0 Å². The molecule has 0 aromatic heterocycles. The van der Waals surface area contributed by atoms with Crippen molar-refractivity contribution < 1.29 is 14.3 Å². The fourth-order valence-corrected chi connectivity index (χ4v) is 2.69. The fourth-order valence-electron chi connectivity index (χ4n) is 2.69. The number of nitriles is 1. The Morgan fingerprint density at radius 1 is 1.15 bits per heavy atom. The van der Waals surface area contributed by atoms with Crippen molar-refractivity contribution in [1.82, 2.24) is 4.90 Å². The van der Waals surface area contributed by atoms with Gasteiger partial charge in [-0.05, 0) is 48.4 Å². The molecule has 0 saturated heterocycles. The first-order chi connectivity index (χ1) is 12.7. The number of carbonyl (C=O) groups excluding carboxylic acids is 1. The molecule has 0 bridgehead atoms. The molecule has 1 aliphatic rings. The smallest absolute Gasteiger partial charge is 0.246 e. The normalized spacial score (nSPS) is 12.6. The van der Waals surface area contributed by atoms with Crippen molar-refractivity contribution in [2.45, 2.75) is 13.5 Å². The number of benzene rings is 2. The van der Waals surface area contributed by atoms with Crippen LogP contribution >= 0.6 is 0 Å². The number of likely N-dealkylation sites (N-methyl/N-ethyl adjacent to an activating group) is 1. The monoisotopic (exact) mass is 348 g/mol. The van der Waals surface area contributed by atoms with E-state index in [1.54, 1.807) is 29.2 Å². The van der Waals surface area contributed by atoms with Gasteiger partial charge in [0.15, 0.2) is 11.5 Å². The van der Waals surface area contributed by atoms with Gasteiger partial charge in [0.2, 0.25) is 5.91 Å². The summed E-state index contributed by atoms with van der Waals surface area (Å²) in [5.74, 6) is 1.41. The summed E-state index contributed by atoms with van der Waals surface area (Å²) in [6.07, 6.45) is 3.32. The molecule has 1 heterocycles. The zero-order chi connectivity index (χ0) is 18.4. The van der Waals surface area contributed by atoms with Gasteiger partial charge in [-0.3, -0.25) is 4.79 Å². The second kappa shape index (κ2) is 8.21. The van der Waals surface area contributed by atoms with Gasteiger partial charge in [0, 0.05) is 19.2 Å². The first-order valence-electron chi connectivity index (χ1n) is 8.55. The summed E-state index contributed by atoms with van der Waals surface area (Å²) in [7, 11) is 0. The quantitative estimate of drug-likeness (QED) is 0.777. The van der Waals surface area contributed by atoms with Crippen LogP contribution in [0.25, 0.3) is 6.08 Å². The molecule has 0 aliphatic carbocycles. The minimum atomic E-state index is -0.0632. The lowest BCUT2D eigenvalue weighted by molar-refractivity contribution is -0.126. The highest BCUT2D eigenvalue weighted by atomic mass is 16.6. The van der Waals surface area contributed by atoms with Crippen molar-refractivity contribution in [2.75, 3.05) is 19.8 Å². The molecular weight excluding hydrogens is 328 g/mol. The van der Waals surface area contributed by atoms with Crippen LogP contribution < -0.4 is 9.47 Å². The van der Waals surface area contributed by atoms with Gasteiger partial charge in [0.1, 0.15) is 13.2 Å². The molecule has 132 valence electrons. The number of ether oxygens (including phenoxy) is 2. The summed E-state index contributed by atoms with van der Waals surface area (Å²) in [5.41, 5.74) is 2.48. The molecule has 5 heteroatoms. The fraction of sp³-hybridized carbons (Fsp3) is 0.238. The van der Waals surface area contributed by atoms with Crippen LogP contribution in [-0.2, 0) is 11.3 Å². The highest BCUT2D eigenvalue weighted by Crippen LogP contribution is 2.31. The van der Waals surface area contributed by atoms with Crippen LogP contribution in [0.4, 0.5) is 0 Å². The standard InChI is InChI=1S/C21H20N2O3/c1-2-23(15-18-7-9-19-20(13-18)26-12-11-25-19)21(24)10-8-16-3-5-17(14-22)6-4-16/h3-10,13H,2,11-12,15H2,1H3. The van der Waals surface area contributed by atoms with Crippen molar-refractivity contribution >= 4 is 12.0 Å². The van der Waals surface area contributed by atoms with Gasteiger partial charge < -0.3 is 14.4 Å². The van der Waals surface area contributed by atoms with Crippen LogP contribution in [0.15, 0.2) is 48.5 Å². The van der Waals surface area contributed by atoms with Gasteiger partial charge in [0.25, 0.3) is 0 Å². The van der Waals surface area contributed by atoms with Crippen LogP contribution in [0.3, 0.4) is 0 Å². The van der Waals surface area contributed by atoms with Gasteiger partial charge in [-0.2, -0.15) is 5.26 Å². The van der Waals surface area contributed by atoms with Gasteiger partial charge in [-0.1, -0.05) is 18.2 Å². The zero-order valence-corrected chi connectivity index (χ0v) is 14.6. The molecule has 0 unspecified atom stereocenters. The summed E-state index contributed by atoms with van der Waals surface area (Å²) in [5, 5.41) is 8.82. The molecule has 26 heavy (non-hydrogen) atoms. The summed E-state index contributed by atoms with van der Waals surface area (Å²) in [6.45, 7) is 4.16. The van der Waals surface area contributed by atoms with Crippen molar-refractivity contribution in [2.24, 2.45) is 0 Å². The largest absolute Gasteiger partial charge is 0.486 e. The van der Waals surface area contributed by atoms with E-state index in [1.807, 2.05) is 37.3 Å². The van der Waals surface area contributed by atoms with Crippen LogP contribution in [-0.4, -0.2) is 30.6 Å². The Labute approximate surface area is 153 Å². The van der Waals surface area contributed by atoms with E-state index in [4.69, 9.17) is 14.7 Å². The number of hydrogen-bond donors (Lipinski definition) is 0. The van der Waals surface area contributed by atoms with Gasteiger partial charge in [-0.15, -0.1) is 0 Å². The zero-order valence-electron chi connectivity index (χ0n) is 14.6. The maximum atomic E-state index is 12.5. The summed E-state index contributed by atoms with van der Waals surface area (Å²) in [6, 6.07) is 14.9. The minimum Gasteiger partial charge on any atom is -0.486 e. The number of hydrogen-bond acceptors (Lipinski definition) is 4. The van der Waals surface area contributed by atoms with Crippen molar-refractivity contribution in [1.29, 1.82) is 5.26 Å². The lowest BCUT2D eigenvalue weighted by atomic mass is 10.1. The number of rotatable bonds is 5. The van der Waals surface area contributed by atoms with E-state index in [0.29, 0.717) is 31.9 Å². The maximum absolute atomic E-state index is 12.5. The molecule has 0 spiro atoms. The van der Waals surface area contributed by atoms with Crippen molar-refractivity contribution in [3.05, 3.63) is 65.2 Å². The highest BCUT2D eigenvalue weighted by Gasteiger charge is 2.14. The predicted molar refractivity (Wildman–Crippen MR) is 98.7 cm³/mol. The van der Waals surface area contributed by atoms with Crippen molar-refractivity contribution in [3.8, 4) is 17.6 Å². The molecular formula is C21H20N2O3. The van der Waals surface area contributed by atoms with E-state index < -0.39 is 0 Å². The topological polar surface area (TPSA) is 62.6 Å². The number of nitrogens with zero attached hydrogens (tertiary/aromatic N) is 2. The molecule has 1 amide bonds. The lowest BCUT2D eigenvalue weighted by Crippen LogP contribution is -2.28. The van der Waals surface area contributed by atoms with E-state index in [1.165, 1.54) is 0 Å². The second-order valence-electron chi connectivity index (χ2n) is 5.90. The van der Waals surface area contributed by atoms with Crippen LogP contribution in [0.5, 0.6) is 11.5 Å². The summed E-state index contributed by atoms with van der Waals surface area (Å²) >= 11 is 0. The summed E-state index contributed by atoms with van der Waals surface area (Å²) in [4.78, 5) is 14.3. The van der Waals surface area contributed by atoms with Crippen LogP contribution in [0, 0.1) is 11.3 Å². The SMILES string of the molecule is CCN(Cc1ccc2c(c1)OCCO2)C(=O)C=Cc1ccc(C#N)cc1. The van der Waals surface area contributed by atoms with Gasteiger partial charge >= 0.3 is 0 Å². The molecule has 0 atom stereocenters. The Morgan fingerprint density at radius 2 is 1.88 bits per heavy atom. The summed E-state index contributed by atoms with van der Waals surface area (Å²) < 4.78 is 11.1. The molecule has 2 aromatic rings. The lowest BCUT2D eigenvalue weighted by Gasteiger charge is -2.22. The number of fused-ring (bicyclic) bond motifs is 1. The molecule has 2 aromatic carbocycles. The number of carbonyl (C=O) groups is 1. The van der Waals surface area contributed by atoms with E-state index in [0.717, 1.165) is 22.6 Å². The molecule has 0 saturated carbocycles. The first-order valence-corrected chi connectivity index (χ1v) is 8.55. The average Bonchev–Trinajstić information content (AvgIpc) is 2.70. The average molecular weight is 348 g/mol. The molecule has 5 nitrogen and oxygen atoms in total. The van der Waals surface area contributed by atoms with Gasteiger partial charge in [0.05, 0.1) is 11.6 Å². The van der Waals surface area contributed by atoms with Gasteiger partial charge in [-0.25, -0.2) is 0 Å². The highest BCUT2D eigenvalue weighted by molar-refractivity contribution is 5.91. The Hall–Kier alpha value is -3.26. The molecule has 3 rings (SSSR count). The molecule has 1 aliphatic heterocycles. The minimum absolute atomic E-state index is 0.0632. The van der Waals surface area contributed by atoms with E-state index in [2.05, 4.69) is 6.07 Å². The molecule has 0 N–H and O–H groups in total. The van der Waals surface area contributed by atoms with Crippen LogP contribution in [0.2, 0.25) is 0 Å². The Kier molecular flexibility index (Phi) is 5.55. The van der Waals surface area contributed by atoms with Crippen LogP contribution in [0.1, 0.15) is 23.6 Å². The Morgan fingerprint density at radius 3 is 2.58 bits per heavy atom. The van der Waals surface area contributed by atoms with E-state index >= 15 is 0 Å². The Bertz CT molecular complexity index is 851.